The summed E-state index contributed by atoms with van der Waals surface area (Å²) in [7, 11) is 1.69. The molecule has 16 heavy (non-hydrogen) atoms. The molecule has 1 aromatic carbocycles. The first-order chi connectivity index (χ1) is 7.61. The molecule has 0 bridgehead atoms. The third kappa shape index (κ3) is 1.88. The van der Waals surface area contributed by atoms with Gasteiger partial charge in [0.05, 0.1) is 5.02 Å². The third-order valence-corrected chi connectivity index (χ3v) is 2.56. The quantitative estimate of drug-likeness (QED) is 0.873. The van der Waals surface area contributed by atoms with Crippen molar-refractivity contribution in [1.82, 2.24) is 4.98 Å². The monoisotopic (exact) mass is 240 g/mol. The lowest BCUT2D eigenvalue weighted by Gasteiger charge is -2.02. The van der Waals surface area contributed by atoms with E-state index < -0.39 is 0 Å². The molecule has 3 nitrogen and oxygen atoms in total. The van der Waals surface area contributed by atoms with E-state index in [-0.39, 0.29) is 5.82 Å². The molecule has 1 aromatic heterocycles. The second-order valence-electron chi connectivity index (χ2n) is 3.37. The first-order valence-electron chi connectivity index (χ1n) is 4.71. The summed E-state index contributed by atoms with van der Waals surface area (Å²) in [6, 6.07) is 3.29. The van der Waals surface area contributed by atoms with Crippen molar-refractivity contribution >= 4 is 17.6 Å². The third-order valence-electron chi connectivity index (χ3n) is 2.24. The maximum absolute atomic E-state index is 13.4. The van der Waals surface area contributed by atoms with Crippen molar-refractivity contribution in [3.05, 3.63) is 34.8 Å². The van der Waals surface area contributed by atoms with E-state index in [1.807, 2.05) is 0 Å². The van der Waals surface area contributed by atoms with Crippen LogP contribution in [0.1, 0.15) is 5.56 Å². The highest BCUT2D eigenvalue weighted by Crippen LogP contribution is 2.30. The molecule has 0 unspecified atom stereocenters. The average Bonchev–Trinajstić information content (AvgIpc) is 2.71. The first kappa shape index (κ1) is 11.0. The molecule has 0 saturated carbocycles. The molecule has 0 fully saturated rings. The van der Waals surface area contributed by atoms with Gasteiger partial charge in [-0.2, -0.15) is 4.98 Å². The fourth-order valence-electron chi connectivity index (χ4n) is 1.35. The number of halogens is 2. The summed E-state index contributed by atoms with van der Waals surface area (Å²) in [6.07, 6.45) is 1.43. The highest BCUT2D eigenvalue weighted by atomic mass is 35.5. The Morgan fingerprint density at radius 3 is 2.81 bits per heavy atom. The van der Waals surface area contributed by atoms with Gasteiger partial charge < -0.3 is 9.73 Å². The Morgan fingerprint density at radius 1 is 1.44 bits per heavy atom. The van der Waals surface area contributed by atoms with Crippen LogP contribution in [-0.2, 0) is 0 Å². The summed E-state index contributed by atoms with van der Waals surface area (Å²) in [6.45, 7) is 1.66. The average molecular weight is 241 g/mol. The molecule has 2 rings (SSSR count). The lowest BCUT2D eigenvalue weighted by Crippen LogP contribution is -1.89. The molecule has 2 aromatic rings. The lowest BCUT2D eigenvalue weighted by molar-refractivity contribution is 0.576. The van der Waals surface area contributed by atoms with Gasteiger partial charge in [-0.25, -0.2) is 4.39 Å². The molecule has 5 heteroatoms. The Morgan fingerprint density at radius 2 is 2.19 bits per heavy atom. The van der Waals surface area contributed by atoms with Gasteiger partial charge in [-0.05, 0) is 24.6 Å². The molecule has 0 amide bonds. The van der Waals surface area contributed by atoms with Crippen molar-refractivity contribution in [2.75, 3.05) is 12.4 Å². The van der Waals surface area contributed by atoms with Gasteiger partial charge in [0, 0.05) is 12.6 Å². The molecule has 0 saturated heterocycles. The minimum absolute atomic E-state index is 0.312. The van der Waals surface area contributed by atoms with Crippen molar-refractivity contribution in [3.8, 4) is 11.3 Å². The predicted molar refractivity (Wildman–Crippen MR) is 61.2 cm³/mol. The van der Waals surface area contributed by atoms with Crippen LogP contribution in [0.2, 0.25) is 5.02 Å². The minimum Gasteiger partial charge on any atom is -0.432 e. The Balaban J connectivity index is 2.51. The highest BCUT2D eigenvalue weighted by Gasteiger charge is 2.11. The minimum atomic E-state index is -0.312. The largest absolute Gasteiger partial charge is 0.432 e. The molecule has 0 aliphatic rings. The van der Waals surface area contributed by atoms with Crippen LogP contribution in [0.15, 0.2) is 22.8 Å². The van der Waals surface area contributed by atoms with Gasteiger partial charge >= 0.3 is 0 Å². The Bertz CT molecular complexity index is 525. The summed E-state index contributed by atoms with van der Waals surface area (Å²) in [5, 5.41) is 3.20. The number of oxazole rings is 1. The van der Waals surface area contributed by atoms with E-state index in [9.17, 15) is 4.39 Å². The van der Waals surface area contributed by atoms with Gasteiger partial charge in [-0.15, -0.1) is 0 Å². The molecular weight excluding hydrogens is 231 g/mol. The first-order valence-corrected chi connectivity index (χ1v) is 5.09. The van der Waals surface area contributed by atoms with Gasteiger partial charge in [-0.1, -0.05) is 11.6 Å². The SMILES string of the molecule is CNc1nc(-c2cc(F)c(C)cc2Cl)co1. The van der Waals surface area contributed by atoms with Gasteiger partial charge in [0.15, 0.2) is 0 Å². The van der Waals surface area contributed by atoms with Crippen LogP contribution in [0.4, 0.5) is 10.4 Å². The number of nitrogens with one attached hydrogen (secondary N) is 1. The summed E-state index contributed by atoms with van der Waals surface area (Å²) in [5.41, 5.74) is 1.54. The molecule has 0 aliphatic heterocycles. The fraction of sp³-hybridized carbons (Fsp3) is 0.182. The van der Waals surface area contributed by atoms with E-state index in [0.29, 0.717) is 27.9 Å². The van der Waals surface area contributed by atoms with E-state index in [1.165, 1.54) is 12.3 Å². The number of benzene rings is 1. The fourth-order valence-corrected chi connectivity index (χ4v) is 1.67. The van der Waals surface area contributed by atoms with Crippen LogP contribution in [0.5, 0.6) is 0 Å². The zero-order valence-corrected chi connectivity index (χ0v) is 9.60. The summed E-state index contributed by atoms with van der Waals surface area (Å²) in [5.74, 6) is -0.312. The van der Waals surface area contributed by atoms with Crippen molar-refractivity contribution < 1.29 is 8.81 Å². The van der Waals surface area contributed by atoms with Crippen LogP contribution < -0.4 is 5.32 Å². The van der Waals surface area contributed by atoms with E-state index >= 15 is 0 Å². The topological polar surface area (TPSA) is 38.1 Å². The van der Waals surface area contributed by atoms with Gasteiger partial charge in [-0.3, -0.25) is 0 Å². The standard InChI is InChI=1S/C11H10ClFN2O/c1-6-3-8(12)7(4-9(6)13)10-5-16-11(14-2)15-10/h3-5H,1-2H3,(H,14,15). The maximum Gasteiger partial charge on any atom is 0.294 e. The second-order valence-corrected chi connectivity index (χ2v) is 3.78. The van der Waals surface area contributed by atoms with Crippen LogP contribution >= 0.6 is 11.6 Å². The Kier molecular flexibility index (Phi) is 2.83. The molecule has 1 N–H and O–H groups in total. The number of rotatable bonds is 2. The zero-order valence-electron chi connectivity index (χ0n) is 8.84. The van der Waals surface area contributed by atoms with Crippen LogP contribution in [0.3, 0.4) is 0 Å². The lowest BCUT2D eigenvalue weighted by atomic mass is 10.1. The number of aryl methyl sites for hydroxylation is 1. The van der Waals surface area contributed by atoms with Crippen molar-refractivity contribution in [1.29, 1.82) is 0 Å². The van der Waals surface area contributed by atoms with Crippen molar-refractivity contribution in [2.24, 2.45) is 0 Å². The molecule has 0 atom stereocenters. The number of anilines is 1. The van der Waals surface area contributed by atoms with Crippen LogP contribution in [0, 0.1) is 12.7 Å². The Hall–Kier alpha value is -1.55. The summed E-state index contributed by atoms with van der Waals surface area (Å²) >= 11 is 6.02. The van der Waals surface area contributed by atoms with Crippen molar-refractivity contribution in [2.45, 2.75) is 6.92 Å². The Labute approximate surface area is 97.3 Å². The van der Waals surface area contributed by atoms with Gasteiger partial charge in [0.25, 0.3) is 6.01 Å². The summed E-state index contributed by atoms with van der Waals surface area (Å²) < 4.78 is 18.5. The molecule has 84 valence electrons. The van der Waals surface area contributed by atoms with E-state index in [1.54, 1.807) is 20.0 Å². The number of nitrogens with zero attached hydrogens (tertiary/aromatic N) is 1. The van der Waals surface area contributed by atoms with E-state index in [0.717, 1.165) is 0 Å². The van der Waals surface area contributed by atoms with Crippen molar-refractivity contribution in [3.63, 3.8) is 0 Å². The smallest absolute Gasteiger partial charge is 0.294 e. The van der Waals surface area contributed by atoms with E-state index in [2.05, 4.69) is 10.3 Å². The van der Waals surface area contributed by atoms with Crippen LogP contribution in [-0.4, -0.2) is 12.0 Å². The maximum atomic E-state index is 13.4. The number of aromatic nitrogens is 1. The predicted octanol–water partition coefficient (Wildman–Crippen LogP) is 3.48. The van der Waals surface area contributed by atoms with Gasteiger partial charge in [0.2, 0.25) is 0 Å². The summed E-state index contributed by atoms with van der Waals surface area (Å²) in [4.78, 5) is 4.10. The van der Waals surface area contributed by atoms with E-state index in [4.69, 9.17) is 16.0 Å². The molecule has 0 spiro atoms. The molecule has 0 aliphatic carbocycles. The number of hydrogen-bond acceptors (Lipinski definition) is 3. The zero-order chi connectivity index (χ0) is 11.7. The van der Waals surface area contributed by atoms with Crippen LogP contribution in [0.25, 0.3) is 11.3 Å². The second kappa shape index (κ2) is 4.14. The highest BCUT2D eigenvalue weighted by molar-refractivity contribution is 6.33. The molecular formula is C11H10ClFN2O. The molecule has 1 heterocycles. The normalized spacial score (nSPS) is 10.5. The number of hydrogen-bond donors (Lipinski definition) is 1. The van der Waals surface area contributed by atoms with Gasteiger partial charge in [0.1, 0.15) is 17.8 Å². The molecule has 0 radical (unpaired) electrons.